The lowest BCUT2D eigenvalue weighted by atomic mass is 9.82. The molecule has 0 aromatic carbocycles. The van der Waals surface area contributed by atoms with Gasteiger partial charge < -0.3 is 8.98 Å². The molecule has 0 amide bonds. The van der Waals surface area contributed by atoms with Crippen molar-refractivity contribution in [2.24, 2.45) is 0 Å². The summed E-state index contributed by atoms with van der Waals surface area (Å²) in [7, 11) is 0. The van der Waals surface area contributed by atoms with Crippen LogP contribution in [0.4, 0.5) is 0 Å². The molecule has 0 saturated heterocycles. The number of hydrogen-bond acceptors (Lipinski definition) is 2. The van der Waals surface area contributed by atoms with Gasteiger partial charge in [0.15, 0.2) is 0 Å². The molecule has 0 bridgehead atoms. The van der Waals surface area contributed by atoms with E-state index in [-0.39, 0.29) is 11.0 Å². The summed E-state index contributed by atoms with van der Waals surface area (Å²) >= 11 is 0. The van der Waals surface area contributed by atoms with E-state index in [1.807, 2.05) is 18.7 Å². The first-order valence-corrected chi connectivity index (χ1v) is 6.35. The highest BCUT2D eigenvalue weighted by Crippen LogP contribution is 2.28. The Balaban J connectivity index is 2.17. The van der Waals surface area contributed by atoms with E-state index in [2.05, 4.69) is 50.4 Å². The van der Waals surface area contributed by atoms with Gasteiger partial charge in [0.1, 0.15) is 0 Å². The lowest BCUT2D eigenvalue weighted by Gasteiger charge is -2.22. The van der Waals surface area contributed by atoms with Crippen molar-refractivity contribution in [1.82, 2.24) is 9.55 Å². The van der Waals surface area contributed by atoms with Crippen molar-refractivity contribution >= 4 is 0 Å². The van der Waals surface area contributed by atoms with E-state index >= 15 is 0 Å². The van der Waals surface area contributed by atoms with E-state index in [1.54, 1.807) is 6.26 Å². The molecule has 2 rings (SSSR count). The van der Waals surface area contributed by atoms with Crippen LogP contribution in [0.3, 0.4) is 0 Å². The minimum absolute atomic E-state index is 0.0457. The maximum absolute atomic E-state index is 5.17. The Morgan fingerprint density at radius 3 is 2.44 bits per heavy atom. The van der Waals surface area contributed by atoms with Gasteiger partial charge in [-0.15, -0.1) is 0 Å². The molecule has 0 fully saturated rings. The minimum Gasteiger partial charge on any atom is -0.472 e. The molecule has 0 aliphatic carbocycles. The van der Waals surface area contributed by atoms with Crippen molar-refractivity contribution in [3.8, 4) is 0 Å². The molecular weight excluding hydrogens is 224 g/mol. The van der Waals surface area contributed by atoms with E-state index in [4.69, 9.17) is 4.42 Å². The van der Waals surface area contributed by atoms with Crippen LogP contribution in [0.15, 0.2) is 35.5 Å². The summed E-state index contributed by atoms with van der Waals surface area (Å²) in [6.45, 7) is 11.0. The zero-order valence-electron chi connectivity index (χ0n) is 11.9. The van der Waals surface area contributed by atoms with E-state index in [1.165, 1.54) is 5.56 Å². The Kier molecular flexibility index (Phi) is 3.09. The van der Waals surface area contributed by atoms with Crippen molar-refractivity contribution in [2.75, 3.05) is 0 Å². The topological polar surface area (TPSA) is 31.0 Å². The summed E-state index contributed by atoms with van der Waals surface area (Å²) in [4.78, 5) is 4.51. The molecule has 2 aromatic rings. The molecule has 0 saturated carbocycles. The van der Waals surface area contributed by atoms with Crippen LogP contribution in [0.25, 0.3) is 0 Å². The van der Waals surface area contributed by atoms with Gasteiger partial charge in [-0.2, -0.15) is 0 Å². The van der Waals surface area contributed by atoms with Gasteiger partial charge in [0.05, 0.1) is 24.5 Å². The van der Waals surface area contributed by atoms with Gasteiger partial charge in [-0.3, -0.25) is 0 Å². The molecule has 18 heavy (non-hydrogen) atoms. The van der Waals surface area contributed by atoms with E-state index in [0.29, 0.717) is 0 Å². The highest BCUT2D eigenvalue weighted by Gasteiger charge is 2.24. The maximum Gasteiger partial charge on any atom is 0.0954 e. The molecule has 0 spiro atoms. The Morgan fingerprint density at radius 2 is 1.94 bits per heavy atom. The third kappa shape index (κ3) is 2.66. The molecule has 98 valence electrons. The normalized spacial score (nSPS) is 12.9. The van der Waals surface area contributed by atoms with Crippen LogP contribution in [-0.2, 0) is 17.4 Å². The van der Waals surface area contributed by atoms with Gasteiger partial charge in [0, 0.05) is 18.2 Å². The van der Waals surface area contributed by atoms with Crippen LogP contribution >= 0.6 is 0 Å². The molecule has 3 heteroatoms. The van der Waals surface area contributed by atoms with Crippen molar-refractivity contribution in [2.45, 2.75) is 52.0 Å². The summed E-state index contributed by atoms with van der Waals surface area (Å²) < 4.78 is 7.33. The molecule has 0 N–H and O–H groups in total. The van der Waals surface area contributed by atoms with Crippen LogP contribution in [-0.4, -0.2) is 9.55 Å². The monoisotopic (exact) mass is 246 g/mol. The van der Waals surface area contributed by atoms with Gasteiger partial charge in [-0.25, -0.2) is 4.98 Å². The molecule has 0 aliphatic rings. The number of hydrogen-bond donors (Lipinski definition) is 0. The van der Waals surface area contributed by atoms with Crippen molar-refractivity contribution < 1.29 is 4.42 Å². The molecule has 0 aliphatic heterocycles. The standard InChI is InChI=1S/C15H22N2O/c1-14(2,3)17-9-13(16-11-17)8-15(4,5)12-6-7-18-10-12/h6-7,9-11H,8H2,1-5H3. The predicted molar refractivity (Wildman–Crippen MR) is 72.7 cm³/mol. The number of nitrogens with zero attached hydrogens (tertiary/aromatic N) is 2. The van der Waals surface area contributed by atoms with Gasteiger partial charge in [0.2, 0.25) is 0 Å². The Bertz CT molecular complexity index is 501. The summed E-state index contributed by atoms with van der Waals surface area (Å²) in [6, 6.07) is 2.03. The first-order chi connectivity index (χ1) is 8.29. The highest BCUT2D eigenvalue weighted by atomic mass is 16.3. The number of aromatic nitrogens is 2. The molecule has 2 heterocycles. The fourth-order valence-electron chi connectivity index (χ4n) is 2.03. The van der Waals surface area contributed by atoms with Crippen LogP contribution in [0, 0.1) is 0 Å². The van der Waals surface area contributed by atoms with Crippen LogP contribution in [0.2, 0.25) is 0 Å². The third-order valence-electron chi connectivity index (χ3n) is 3.34. The SMILES string of the molecule is CC(C)(Cc1cn(C(C)(C)C)cn1)c1ccoc1. The van der Waals surface area contributed by atoms with Crippen molar-refractivity contribution in [3.05, 3.63) is 42.4 Å². The fourth-order valence-corrected chi connectivity index (χ4v) is 2.03. The average molecular weight is 246 g/mol. The largest absolute Gasteiger partial charge is 0.472 e. The molecule has 3 nitrogen and oxygen atoms in total. The summed E-state index contributed by atoms with van der Waals surface area (Å²) in [6.07, 6.45) is 8.52. The molecule has 0 atom stereocenters. The fraction of sp³-hybridized carbons (Fsp3) is 0.533. The van der Waals surface area contributed by atoms with E-state index in [9.17, 15) is 0 Å². The Labute approximate surface area is 109 Å². The zero-order chi connectivity index (χ0) is 13.4. The third-order valence-corrected chi connectivity index (χ3v) is 3.34. The van der Waals surface area contributed by atoms with E-state index < -0.39 is 0 Å². The number of rotatable bonds is 3. The van der Waals surface area contributed by atoms with E-state index in [0.717, 1.165) is 12.1 Å². The second-order valence-electron chi connectivity index (χ2n) is 6.52. The highest BCUT2D eigenvalue weighted by molar-refractivity contribution is 5.21. The second-order valence-corrected chi connectivity index (χ2v) is 6.52. The predicted octanol–water partition coefficient (Wildman–Crippen LogP) is 3.75. The minimum atomic E-state index is 0.0457. The van der Waals surface area contributed by atoms with Gasteiger partial charge in [-0.05, 0) is 37.8 Å². The molecular formula is C15H22N2O. The summed E-state index contributed by atoms with van der Waals surface area (Å²) in [5.74, 6) is 0. The summed E-state index contributed by atoms with van der Waals surface area (Å²) in [5.41, 5.74) is 2.47. The van der Waals surface area contributed by atoms with Gasteiger partial charge in [-0.1, -0.05) is 13.8 Å². The van der Waals surface area contributed by atoms with Gasteiger partial charge >= 0.3 is 0 Å². The zero-order valence-corrected chi connectivity index (χ0v) is 11.9. The lowest BCUT2D eigenvalue weighted by Crippen LogP contribution is -2.21. The molecule has 0 radical (unpaired) electrons. The van der Waals surface area contributed by atoms with Crippen molar-refractivity contribution in [3.63, 3.8) is 0 Å². The first-order valence-electron chi connectivity index (χ1n) is 6.35. The Morgan fingerprint density at radius 1 is 1.22 bits per heavy atom. The number of furan rings is 1. The maximum atomic E-state index is 5.17. The number of imidazole rings is 1. The Hall–Kier alpha value is -1.51. The van der Waals surface area contributed by atoms with Crippen LogP contribution in [0.1, 0.15) is 45.9 Å². The first kappa shape index (κ1) is 12.9. The lowest BCUT2D eigenvalue weighted by molar-refractivity contribution is 0.395. The smallest absolute Gasteiger partial charge is 0.0954 e. The average Bonchev–Trinajstić information content (AvgIpc) is 2.83. The molecule has 0 unspecified atom stereocenters. The summed E-state index contributed by atoms with van der Waals surface area (Å²) in [5, 5.41) is 0. The molecule has 2 aromatic heterocycles. The van der Waals surface area contributed by atoms with Gasteiger partial charge in [0.25, 0.3) is 0 Å². The quantitative estimate of drug-likeness (QED) is 0.825. The van der Waals surface area contributed by atoms with Crippen LogP contribution in [0.5, 0.6) is 0 Å². The van der Waals surface area contributed by atoms with Crippen LogP contribution < -0.4 is 0 Å². The van der Waals surface area contributed by atoms with Crippen molar-refractivity contribution in [1.29, 1.82) is 0 Å². The second kappa shape index (κ2) is 4.30.